The zero-order valence-electron chi connectivity index (χ0n) is 9.71. The second kappa shape index (κ2) is 5.36. The molecule has 0 aliphatic carbocycles. The van der Waals surface area contributed by atoms with Gasteiger partial charge >= 0.3 is 0 Å². The molecule has 2 rings (SSSR count). The normalized spacial score (nSPS) is 10.4. The van der Waals surface area contributed by atoms with Gasteiger partial charge in [0, 0.05) is 16.7 Å². The Morgan fingerprint density at radius 1 is 1.11 bits per heavy atom. The lowest BCUT2D eigenvalue weighted by atomic mass is 10.2. The first-order valence-electron chi connectivity index (χ1n) is 5.39. The highest BCUT2D eigenvalue weighted by molar-refractivity contribution is 6.31. The van der Waals surface area contributed by atoms with E-state index in [9.17, 15) is 8.78 Å². The lowest BCUT2D eigenvalue weighted by Crippen LogP contribution is -1.98. The number of ether oxygens (including phenoxy) is 1. The molecule has 0 unspecified atom stereocenters. The first-order chi connectivity index (χ1) is 8.56. The van der Waals surface area contributed by atoms with Crippen LogP contribution in [0, 0.1) is 18.6 Å². The fraction of sp³-hybridized carbons (Fsp3) is 0.143. The van der Waals surface area contributed by atoms with Gasteiger partial charge in [0.05, 0.1) is 0 Å². The molecule has 18 heavy (non-hydrogen) atoms. The van der Waals surface area contributed by atoms with E-state index < -0.39 is 0 Å². The largest absolute Gasteiger partial charge is 0.489 e. The maximum atomic E-state index is 13.3. The molecule has 94 valence electrons. The molecule has 0 radical (unpaired) electrons. The van der Waals surface area contributed by atoms with Gasteiger partial charge in [0.15, 0.2) is 0 Å². The molecule has 0 amide bonds. The molecule has 4 heteroatoms. The summed E-state index contributed by atoms with van der Waals surface area (Å²) in [6.45, 7) is 1.77. The molecular weight excluding hydrogens is 258 g/mol. The summed E-state index contributed by atoms with van der Waals surface area (Å²) in [6, 6.07) is 8.61. The smallest absolute Gasteiger partial charge is 0.129 e. The molecule has 0 N–H and O–H groups in total. The molecule has 0 aliphatic rings. The van der Waals surface area contributed by atoms with E-state index in [4.69, 9.17) is 16.3 Å². The Balaban J connectivity index is 2.11. The Morgan fingerprint density at radius 3 is 2.61 bits per heavy atom. The highest BCUT2D eigenvalue weighted by atomic mass is 35.5. The SMILES string of the molecule is Cc1ccc(OCc2cc(F)ccc2Cl)cc1F. The summed E-state index contributed by atoms with van der Waals surface area (Å²) >= 11 is 5.90. The van der Waals surface area contributed by atoms with Crippen molar-refractivity contribution in [3.63, 3.8) is 0 Å². The second-order valence-corrected chi connectivity index (χ2v) is 4.34. The van der Waals surface area contributed by atoms with Crippen LogP contribution in [0.2, 0.25) is 5.02 Å². The molecule has 0 atom stereocenters. The summed E-state index contributed by atoms with van der Waals surface area (Å²) in [6.07, 6.45) is 0. The van der Waals surface area contributed by atoms with E-state index >= 15 is 0 Å². The van der Waals surface area contributed by atoms with Gasteiger partial charge in [-0.25, -0.2) is 8.78 Å². The van der Waals surface area contributed by atoms with Crippen LogP contribution < -0.4 is 4.74 Å². The predicted octanol–water partition coefficient (Wildman–Crippen LogP) is 4.51. The average Bonchev–Trinajstić information content (AvgIpc) is 2.34. The monoisotopic (exact) mass is 268 g/mol. The molecule has 0 aromatic heterocycles. The highest BCUT2D eigenvalue weighted by Crippen LogP contribution is 2.21. The van der Waals surface area contributed by atoms with Gasteiger partial charge in [-0.05, 0) is 36.8 Å². The Kier molecular flexibility index (Phi) is 3.82. The van der Waals surface area contributed by atoms with E-state index in [1.807, 2.05) is 0 Å². The molecule has 0 spiro atoms. The van der Waals surface area contributed by atoms with Crippen LogP contribution in [0.3, 0.4) is 0 Å². The minimum atomic E-state index is -0.381. The quantitative estimate of drug-likeness (QED) is 0.796. The van der Waals surface area contributed by atoms with Crippen LogP contribution in [0.15, 0.2) is 36.4 Å². The van der Waals surface area contributed by atoms with Crippen LogP contribution in [0.25, 0.3) is 0 Å². The molecule has 2 aromatic rings. The minimum Gasteiger partial charge on any atom is -0.489 e. The standard InChI is InChI=1S/C14H11ClF2O/c1-9-2-4-12(7-14(9)17)18-8-10-6-11(16)3-5-13(10)15/h2-7H,8H2,1H3. The van der Waals surface area contributed by atoms with Gasteiger partial charge in [-0.2, -0.15) is 0 Å². The van der Waals surface area contributed by atoms with Crippen molar-refractivity contribution in [1.82, 2.24) is 0 Å². The molecule has 0 aliphatic heterocycles. The van der Waals surface area contributed by atoms with E-state index in [2.05, 4.69) is 0 Å². The number of hydrogen-bond donors (Lipinski definition) is 0. The molecular formula is C14H11ClF2O. The third-order valence-corrected chi connectivity index (χ3v) is 2.91. The van der Waals surface area contributed by atoms with Gasteiger partial charge in [-0.3, -0.25) is 0 Å². The Morgan fingerprint density at radius 2 is 1.89 bits per heavy atom. The fourth-order valence-electron chi connectivity index (χ4n) is 1.48. The van der Waals surface area contributed by atoms with Crippen molar-refractivity contribution >= 4 is 11.6 Å². The number of halogens is 3. The van der Waals surface area contributed by atoms with E-state index in [1.54, 1.807) is 19.1 Å². The second-order valence-electron chi connectivity index (χ2n) is 3.94. The fourth-order valence-corrected chi connectivity index (χ4v) is 1.65. The summed E-state index contributed by atoms with van der Waals surface area (Å²) in [5, 5.41) is 0.420. The van der Waals surface area contributed by atoms with Crippen LogP contribution >= 0.6 is 11.6 Å². The summed E-state index contributed by atoms with van der Waals surface area (Å²) in [5.41, 5.74) is 1.07. The zero-order chi connectivity index (χ0) is 13.1. The van der Waals surface area contributed by atoms with Gasteiger partial charge in [0.1, 0.15) is 24.0 Å². The number of rotatable bonds is 3. The Labute approximate surface area is 109 Å². The van der Waals surface area contributed by atoms with Crippen molar-refractivity contribution in [2.45, 2.75) is 13.5 Å². The lowest BCUT2D eigenvalue weighted by Gasteiger charge is -2.08. The molecule has 0 saturated heterocycles. The topological polar surface area (TPSA) is 9.23 Å². The first-order valence-corrected chi connectivity index (χ1v) is 5.77. The van der Waals surface area contributed by atoms with Crippen molar-refractivity contribution in [2.24, 2.45) is 0 Å². The molecule has 0 saturated carbocycles. The van der Waals surface area contributed by atoms with E-state index in [0.717, 1.165) is 0 Å². The van der Waals surface area contributed by atoms with Crippen molar-refractivity contribution in [2.75, 3.05) is 0 Å². The first kappa shape index (κ1) is 12.8. The van der Waals surface area contributed by atoms with E-state index in [1.165, 1.54) is 24.3 Å². The van der Waals surface area contributed by atoms with Crippen LogP contribution in [-0.4, -0.2) is 0 Å². The van der Waals surface area contributed by atoms with Crippen molar-refractivity contribution in [3.05, 3.63) is 64.2 Å². The zero-order valence-corrected chi connectivity index (χ0v) is 10.5. The maximum absolute atomic E-state index is 13.3. The van der Waals surface area contributed by atoms with E-state index in [0.29, 0.717) is 21.9 Å². The van der Waals surface area contributed by atoms with Gasteiger partial charge in [0.25, 0.3) is 0 Å². The van der Waals surface area contributed by atoms with E-state index in [-0.39, 0.29) is 18.2 Å². The highest BCUT2D eigenvalue weighted by Gasteiger charge is 2.05. The van der Waals surface area contributed by atoms with Gasteiger partial charge in [-0.15, -0.1) is 0 Å². The molecule has 0 fully saturated rings. The van der Waals surface area contributed by atoms with Crippen molar-refractivity contribution in [3.8, 4) is 5.75 Å². The summed E-state index contributed by atoms with van der Waals surface area (Å²) in [7, 11) is 0. The molecule has 2 aromatic carbocycles. The number of aryl methyl sites for hydroxylation is 1. The molecule has 1 nitrogen and oxygen atoms in total. The summed E-state index contributed by atoms with van der Waals surface area (Å²) < 4.78 is 31.7. The van der Waals surface area contributed by atoms with Crippen molar-refractivity contribution in [1.29, 1.82) is 0 Å². The number of benzene rings is 2. The lowest BCUT2D eigenvalue weighted by molar-refractivity contribution is 0.304. The average molecular weight is 269 g/mol. The maximum Gasteiger partial charge on any atom is 0.129 e. The molecule has 0 heterocycles. The molecule has 0 bridgehead atoms. The van der Waals surface area contributed by atoms with Crippen LogP contribution in [0.5, 0.6) is 5.75 Å². The van der Waals surface area contributed by atoms with Gasteiger partial charge in [0.2, 0.25) is 0 Å². The van der Waals surface area contributed by atoms with Crippen LogP contribution in [0.1, 0.15) is 11.1 Å². The Bertz CT molecular complexity index is 570. The predicted molar refractivity (Wildman–Crippen MR) is 66.9 cm³/mol. The van der Waals surface area contributed by atoms with Gasteiger partial charge in [-0.1, -0.05) is 17.7 Å². The van der Waals surface area contributed by atoms with Crippen LogP contribution in [0.4, 0.5) is 8.78 Å². The van der Waals surface area contributed by atoms with Crippen molar-refractivity contribution < 1.29 is 13.5 Å². The third kappa shape index (κ3) is 2.99. The van der Waals surface area contributed by atoms with Gasteiger partial charge < -0.3 is 4.74 Å². The Hall–Kier alpha value is -1.61. The third-order valence-electron chi connectivity index (χ3n) is 2.55. The number of hydrogen-bond acceptors (Lipinski definition) is 1. The van der Waals surface area contributed by atoms with Crippen LogP contribution in [-0.2, 0) is 6.61 Å². The minimum absolute atomic E-state index is 0.0963. The summed E-state index contributed by atoms with van der Waals surface area (Å²) in [4.78, 5) is 0. The summed E-state index contributed by atoms with van der Waals surface area (Å²) in [5.74, 6) is -0.329.